The van der Waals surface area contributed by atoms with Gasteiger partial charge >= 0.3 is 0 Å². The largest absolute Gasteiger partial charge is 0.218 e. The fourth-order valence-corrected chi connectivity index (χ4v) is 7.20. The van der Waals surface area contributed by atoms with Gasteiger partial charge in [-0.15, -0.1) is 0 Å². The van der Waals surface area contributed by atoms with E-state index in [1.54, 1.807) is 0 Å². The smallest absolute Gasteiger partial charge is 0.217 e. The van der Waals surface area contributed by atoms with E-state index in [4.69, 9.17) is 0 Å². The standard InChI is InChI=1S/C18H14O2S3/c19-23(20,17-11-9-13-5-1-3-7-15(13)21-17)18-12-10-14-6-2-4-8-16(14)22-18/h1-8,11-12H,9-10H2. The fourth-order valence-electron chi connectivity index (χ4n) is 2.66. The van der Waals surface area contributed by atoms with Gasteiger partial charge in [0.2, 0.25) is 9.84 Å². The quantitative estimate of drug-likeness (QED) is 0.774. The molecule has 0 aliphatic carbocycles. The van der Waals surface area contributed by atoms with Crippen molar-refractivity contribution in [3.05, 3.63) is 80.3 Å². The third kappa shape index (κ3) is 2.77. The highest BCUT2D eigenvalue weighted by atomic mass is 32.3. The molecule has 0 fully saturated rings. The number of fused-ring (bicyclic) bond motifs is 2. The molecule has 0 spiro atoms. The molecule has 4 rings (SSSR count). The zero-order chi connectivity index (χ0) is 15.9. The molecule has 2 aliphatic rings. The summed E-state index contributed by atoms with van der Waals surface area (Å²) in [5.41, 5.74) is 2.37. The maximum absolute atomic E-state index is 13.0. The van der Waals surface area contributed by atoms with E-state index in [1.165, 1.54) is 34.7 Å². The summed E-state index contributed by atoms with van der Waals surface area (Å²) >= 11 is 2.72. The Labute approximate surface area is 144 Å². The van der Waals surface area contributed by atoms with Gasteiger partial charge in [-0.25, -0.2) is 8.42 Å². The first kappa shape index (κ1) is 15.1. The van der Waals surface area contributed by atoms with E-state index >= 15 is 0 Å². The Hall–Kier alpha value is -1.43. The highest BCUT2D eigenvalue weighted by molar-refractivity contribution is 8.27. The van der Waals surface area contributed by atoms with E-state index in [2.05, 4.69) is 0 Å². The first-order valence-corrected chi connectivity index (χ1v) is 10.4. The van der Waals surface area contributed by atoms with Crippen LogP contribution in [0.15, 0.2) is 78.9 Å². The Bertz CT molecular complexity index is 869. The summed E-state index contributed by atoms with van der Waals surface area (Å²) in [7, 11) is -3.42. The number of hydrogen-bond donors (Lipinski definition) is 0. The first-order chi connectivity index (χ1) is 11.1. The lowest BCUT2D eigenvalue weighted by molar-refractivity contribution is 0.611. The van der Waals surface area contributed by atoms with Gasteiger partial charge in [0, 0.05) is 9.79 Å². The first-order valence-electron chi connectivity index (χ1n) is 7.31. The molecule has 0 bridgehead atoms. The van der Waals surface area contributed by atoms with Crippen LogP contribution in [-0.4, -0.2) is 8.42 Å². The summed E-state index contributed by atoms with van der Waals surface area (Å²) in [6.07, 6.45) is 5.02. The zero-order valence-electron chi connectivity index (χ0n) is 12.2. The lowest BCUT2D eigenvalue weighted by Gasteiger charge is -2.20. The molecule has 5 heteroatoms. The van der Waals surface area contributed by atoms with Crippen molar-refractivity contribution in [2.75, 3.05) is 0 Å². The van der Waals surface area contributed by atoms with Crippen LogP contribution >= 0.6 is 23.5 Å². The zero-order valence-corrected chi connectivity index (χ0v) is 14.7. The second-order valence-electron chi connectivity index (χ2n) is 5.38. The summed E-state index contributed by atoms with van der Waals surface area (Å²) in [6, 6.07) is 15.9. The van der Waals surface area contributed by atoms with Crippen LogP contribution in [0.5, 0.6) is 0 Å². The van der Waals surface area contributed by atoms with Crippen LogP contribution in [0, 0.1) is 0 Å². The molecule has 116 valence electrons. The Morgan fingerprint density at radius 3 is 1.61 bits per heavy atom. The van der Waals surface area contributed by atoms with Gasteiger partial charge in [0.15, 0.2) is 0 Å². The van der Waals surface area contributed by atoms with E-state index in [9.17, 15) is 8.42 Å². The van der Waals surface area contributed by atoms with Crippen LogP contribution in [-0.2, 0) is 22.7 Å². The van der Waals surface area contributed by atoms with Gasteiger partial charge in [0.25, 0.3) is 0 Å². The van der Waals surface area contributed by atoms with Crippen molar-refractivity contribution in [1.82, 2.24) is 0 Å². The fraction of sp³-hybridized carbons (Fsp3) is 0.111. The van der Waals surface area contributed by atoms with Crippen molar-refractivity contribution in [2.45, 2.75) is 22.6 Å². The summed E-state index contributed by atoms with van der Waals surface area (Å²) in [5.74, 6) is 0. The predicted molar refractivity (Wildman–Crippen MR) is 97.1 cm³/mol. The lowest BCUT2D eigenvalue weighted by Crippen LogP contribution is -2.09. The molecule has 0 saturated heterocycles. The van der Waals surface area contributed by atoms with E-state index in [0.717, 1.165) is 9.79 Å². The molecule has 2 aliphatic heterocycles. The normalized spacial score (nSPS) is 16.9. The van der Waals surface area contributed by atoms with Gasteiger partial charge in [-0.05, 0) is 36.1 Å². The summed E-state index contributed by atoms with van der Waals surface area (Å²) in [5, 5.41) is 0. The minimum absolute atomic E-state index is 0.453. The molecule has 0 saturated carbocycles. The van der Waals surface area contributed by atoms with Gasteiger partial charge in [0.05, 0.1) is 0 Å². The molecular formula is C18H14O2S3. The molecule has 2 heterocycles. The maximum atomic E-state index is 13.0. The highest BCUT2D eigenvalue weighted by Gasteiger charge is 2.29. The van der Waals surface area contributed by atoms with Crippen molar-refractivity contribution in [1.29, 1.82) is 0 Å². The summed E-state index contributed by atoms with van der Waals surface area (Å²) in [6.45, 7) is 0. The van der Waals surface area contributed by atoms with Crippen LogP contribution in [0.4, 0.5) is 0 Å². The molecular weight excluding hydrogens is 344 g/mol. The second-order valence-corrected chi connectivity index (χ2v) is 9.95. The van der Waals surface area contributed by atoms with Gasteiger partial charge < -0.3 is 0 Å². The van der Waals surface area contributed by atoms with Crippen LogP contribution in [0.25, 0.3) is 0 Å². The van der Waals surface area contributed by atoms with Crippen molar-refractivity contribution in [2.24, 2.45) is 0 Å². The van der Waals surface area contributed by atoms with Crippen molar-refractivity contribution in [3.8, 4) is 0 Å². The Kier molecular flexibility index (Phi) is 3.87. The van der Waals surface area contributed by atoms with Crippen molar-refractivity contribution < 1.29 is 8.42 Å². The van der Waals surface area contributed by atoms with Gasteiger partial charge in [-0.1, -0.05) is 72.1 Å². The topological polar surface area (TPSA) is 34.1 Å². The third-order valence-corrected chi connectivity index (χ3v) is 9.05. The van der Waals surface area contributed by atoms with Crippen molar-refractivity contribution in [3.63, 3.8) is 0 Å². The molecule has 0 unspecified atom stereocenters. The van der Waals surface area contributed by atoms with Crippen LogP contribution in [0.2, 0.25) is 0 Å². The number of thioether (sulfide) groups is 2. The minimum atomic E-state index is -3.42. The monoisotopic (exact) mass is 358 g/mol. The Balaban J connectivity index is 1.65. The molecule has 0 atom stereocenters. The van der Waals surface area contributed by atoms with E-state index < -0.39 is 9.84 Å². The highest BCUT2D eigenvalue weighted by Crippen LogP contribution is 2.45. The molecule has 2 aromatic carbocycles. The predicted octanol–water partition coefficient (Wildman–Crippen LogP) is 4.78. The van der Waals surface area contributed by atoms with Gasteiger partial charge in [-0.3, -0.25) is 0 Å². The Morgan fingerprint density at radius 1 is 0.696 bits per heavy atom. The van der Waals surface area contributed by atoms with Gasteiger partial charge in [-0.2, -0.15) is 0 Å². The summed E-state index contributed by atoms with van der Waals surface area (Å²) < 4.78 is 26.9. The van der Waals surface area contributed by atoms with Gasteiger partial charge in [0.1, 0.15) is 8.47 Å². The molecule has 0 aromatic heterocycles. The number of benzene rings is 2. The summed E-state index contributed by atoms with van der Waals surface area (Å²) in [4.78, 5) is 2.07. The van der Waals surface area contributed by atoms with Crippen molar-refractivity contribution >= 4 is 33.4 Å². The van der Waals surface area contributed by atoms with Crippen LogP contribution < -0.4 is 0 Å². The van der Waals surface area contributed by atoms with Crippen LogP contribution in [0.1, 0.15) is 11.1 Å². The van der Waals surface area contributed by atoms with Crippen LogP contribution in [0.3, 0.4) is 0 Å². The number of allylic oxidation sites excluding steroid dienone is 2. The van der Waals surface area contributed by atoms with E-state index in [0.29, 0.717) is 21.3 Å². The van der Waals surface area contributed by atoms with E-state index in [-0.39, 0.29) is 0 Å². The second kappa shape index (κ2) is 5.89. The third-order valence-electron chi connectivity index (χ3n) is 3.87. The molecule has 2 aromatic rings. The molecule has 0 N–H and O–H groups in total. The average Bonchev–Trinajstić information content (AvgIpc) is 2.61. The maximum Gasteiger partial charge on any atom is 0.218 e. The lowest BCUT2D eigenvalue weighted by atomic mass is 10.1. The molecule has 0 radical (unpaired) electrons. The minimum Gasteiger partial charge on any atom is -0.217 e. The molecule has 2 nitrogen and oxygen atoms in total. The number of rotatable bonds is 2. The molecule has 23 heavy (non-hydrogen) atoms. The number of sulfone groups is 1. The van der Waals surface area contributed by atoms with E-state index in [1.807, 2.05) is 60.7 Å². The average molecular weight is 359 g/mol. The Morgan fingerprint density at radius 2 is 1.13 bits per heavy atom. The number of hydrogen-bond acceptors (Lipinski definition) is 4. The molecule has 0 amide bonds. The SMILES string of the molecule is O=S(=O)(C1=CCc2ccccc2S1)C1=CCc2ccccc2S1.